The lowest BCUT2D eigenvalue weighted by atomic mass is 10.2. The molecule has 11 heteroatoms. The Kier molecular flexibility index (Phi) is 5.70. The van der Waals surface area contributed by atoms with Gasteiger partial charge in [0.05, 0.1) is 22.0 Å². The molecule has 0 atom stereocenters. The number of carboxylic acids is 1. The van der Waals surface area contributed by atoms with Gasteiger partial charge in [0.15, 0.2) is 11.0 Å². The van der Waals surface area contributed by atoms with Gasteiger partial charge in [0, 0.05) is 12.1 Å². The second-order valence-electron chi connectivity index (χ2n) is 6.54. The SMILES string of the molecule is C=CCn1c(SCc2nc3sc(C(=O)[O-])c(C)c3c(=O)[nH]2)nnc1-c1ccc(F)cc1. The highest BCUT2D eigenvalue weighted by atomic mass is 32.2. The van der Waals surface area contributed by atoms with Crippen LogP contribution in [-0.2, 0) is 12.3 Å². The molecule has 158 valence electrons. The average Bonchev–Trinajstić information content (AvgIpc) is 3.28. The number of carboxylic acid groups (broad SMARTS) is 1. The zero-order valence-corrected chi connectivity index (χ0v) is 17.8. The number of fused-ring (bicyclic) bond motifs is 1. The lowest BCUT2D eigenvalue weighted by Crippen LogP contribution is -2.21. The maximum atomic E-state index is 13.2. The number of carbonyl (C=O) groups is 1. The van der Waals surface area contributed by atoms with Gasteiger partial charge in [-0.15, -0.1) is 28.1 Å². The molecule has 3 aromatic heterocycles. The minimum absolute atomic E-state index is 0.00697. The van der Waals surface area contributed by atoms with E-state index in [1.54, 1.807) is 25.1 Å². The Morgan fingerprint density at radius 2 is 2.10 bits per heavy atom. The summed E-state index contributed by atoms with van der Waals surface area (Å²) in [5.74, 6) is -0.454. The molecule has 3 heterocycles. The first kappa shape index (κ1) is 20.9. The van der Waals surface area contributed by atoms with Gasteiger partial charge in [0.2, 0.25) is 0 Å². The van der Waals surface area contributed by atoms with E-state index in [-0.39, 0.29) is 21.8 Å². The van der Waals surface area contributed by atoms with Gasteiger partial charge in [0.1, 0.15) is 16.5 Å². The van der Waals surface area contributed by atoms with Crippen LogP contribution in [-0.4, -0.2) is 30.7 Å². The smallest absolute Gasteiger partial charge is 0.259 e. The Morgan fingerprint density at radius 1 is 1.35 bits per heavy atom. The van der Waals surface area contributed by atoms with Crippen molar-refractivity contribution in [3.63, 3.8) is 0 Å². The first-order valence-corrected chi connectivity index (χ1v) is 10.9. The van der Waals surface area contributed by atoms with Gasteiger partial charge in [0.25, 0.3) is 5.56 Å². The first-order chi connectivity index (χ1) is 14.9. The second kappa shape index (κ2) is 8.44. The van der Waals surface area contributed by atoms with Gasteiger partial charge in [-0.25, -0.2) is 9.37 Å². The number of thioether (sulfide) groups is 1. The molecule has 0 aliphatic heterocycles. The van der Waals surface area contributed by atoms with Gasteiger partial charge in [-0.2, -0.15) is 0 Å². The molecule has 1 N–H and O–H groups in total. The highest BCUT2D eigenvalue weighted by Crippen LogP contribution is 2.29. The standard InChI is InChI=1S/C20H16FN5O3S2/c1-3-8-26-16(11-4-6-12(21)7-5-11)24-25-20(26)30-9-13-22-17(27)14-10(2)15(19(28)29)31-18(14)23-13/h3-7H,1,8-9H2,2H3,(H,28,29)(H,22,23,27)/p-1. The molecule has 0 saturated heterocycles. The van der Waals surface area contributed by atoms with Crippen LogP contribution in [0.3, 0.4) is 0 Å². The average molecular weight is 457 g/mol. The Morgan fingerprint density at radius 3 is 2.77 bits per heavy atom. The number of rotatable bonds is 7. The molecule has 4 aromatic rings. The number of nitrogens with zero attached hydrogens (tertiary/aromatic N) is 4. The Bertz CT molecular complexity index is 1360. The third-order valence-corrected chi connectivity index (χ3v) is 6.65. The van der Waals surface area contributed by atoms with E-state index in [4.69, 9.17) is 0 Å². The Hall–Kier alpha value is -3.31. The van der Waals surface area contributed by atoms with Crippen LogP contribution in [0.5, 0.6) is 0 Å². The van der Waals surface area contributed by atoms with Crippen molar-refractivity contribution in [3.8, 4) is 11.4 Å². The van der Waals surface area contributed by atoms with Gasteiger partial charge in [-0.05, 0) is 36.8 Å². The molecule has 31 heavy (non-hydrogen) atoms. The number of hydrogen-bond donors (Lipinski definition) is 1. The molecule has 0 amide bonds. The number of carbonyl (C=O) groups excluding carboxylic acids is 1. The number of allylic oxidation sites excluding steroid dienone is 1. The van der Waals surface area contributed by atoms with Crippen LogP contribution in [0.25, 0.3) is 21.6 Å². The largest absolute Gasteiger partial charge is 0.544 e. The fourth-order valence-electron chi connectivity index (χ4n) is 3.09. The molecule has 0 radical (unpaired) electrons. The molecule has 1 aromatic carbocycles. The van der Waals surface area contributed by atoms with Crippen LogP contribution in [0.15, 0.2) is 46.9 Å². The molecular weight excluding hydrogens is 441 g/mol. The van der Waals surface area contributed by atoms with Gasteiger partial charge < -0.3 is 14.9 Å². The maximum absolute atomic E-state index is 13.2. The molecule has 0 aliphatic carbocycles. The zero-order chi connectivity index (χ0) is 22.1. The number of aromatic nitrogens is 5. The van der Waals surface area contributed by atoms with Crippen molar-refractivity contribution in [2.75, 3.05) is 0 Å². The van der Waals surface area contributed by atoms with E-state index in [9.17, 15) is 19.1 Å². The summed E-state index contributed by atoms with van der Waals surface area (Å²) in [4.78, 5) is 31.1. The topological polar surface area (TPSA) is 117 Å². The van der Waals surface area contributed by atoms with E-state index in [0.29, 0.717) is 39.3 Å². The van der Waals surface area contributed by atoms with E-state index in [0.717, 1.165) is 11.3 Å². The molecule has 0 spiro atoms. The van der Waals surface area contributed by atoms with Gasteiger partial charge >= 0.3 is 0 Å². The van der Waals surface area contributed by atoms with Crippen molar-refractivity contribution in [1.29, 1.82) is 0 Å². The van der Waals surface area contributed by atoms with Crippen molar-refractivity contribution in [3.05, 3.63) is 69.4 Å². The van der Waals surface area contributed by atoms with E-state index < -0.39 is 11.5 Å². The Labute approximate surface area is 183 Å². The van der Waals surface area contributed by atoms with Crippen LogP contribution in [0.1, 0.15) is 21.1 Å². The van der Waals surface area contributed by atoms with E-state index >= 15 is 0 Å². The summed E-state index contributed by atoms with van der Waals surface area (Å²) in [6.07, 6.45) is 1.70. The van der Waals surface area contributed by atoms with Crippen molar-refractivity contribution in [2.45, 2.75) is 24.4 Å². The van der Waals surface area contributed by atoms with E-state index in [2.05, 4.69) is 26.7 Å². The summed E-state index contributed by atoms with van der Waals surface area (Å²) in [5.41, 5.74) is 0.656. The predicted octanol–water partition coefficient (Wildman–Crippen LogP) is 2.53. The highest BCUT2D eigenvalue weighted by Gasteiger charge is 2.17. The molecule has 0 bridgehead atoms. The number of halogens is 1. The fourth-order valence-corrected chi connectivity index (χ4v) is 4.94. The van der Waals surface area contributed by atoms with E-state index in [1.165, 1.54) is 23.9 Å². The number of nitrogens with one attached hydrogen (secondary N) is 1. The highest BCUT2D eigenvalue weighted by molar-refractivity contribution is 7.98. The summed E-state index contributed by atoms with van der Waals surface area (Å²) in [6, 6.07) is 5.94. The molecule has 0 unspecified atom stereocenters. The zero-order valence-electron chi connectivity index (χ0n) is 16.2. The minimum atomic E-state index is -1.33. The third-order valence-electron chi connectivity index (χ3n) is 4.50. The number of aromatic amines is 1. The number of aromatic carboxylic acids is 1. The lowest BCUT2D eigenvalue weighted by Gasteiger charge is -2.07. The molecule has 0 saturated carbocycles. The van der Waals surface area contributed by atoms with Gasteiger partial charge in [-0.1, -0.05) is 17.8 Å². The summed E-state index contributed by atoms with van der Waals surface area (Å²) >= 11 is 2.22. The van der Waals surface area contributed by atoms with Crippen LogP contribution < -0.4 is 10.7 Å². The molecule has 4 rings (SSSR count). The number of benzene rings is 1. The van der Waals surface area contributed by atoms with Crippen LogP contribution >= 0.6 is 23.1 Å². The van der Waals surface area contributed by atoms with E-state index in [1.807, 2.05) is 4.57 Å². The van der Waals surface area contributed by atoms with Crippen molar-refractivity contribution in [2.24, 2.45) is 0 Å². The monoisotopic (exact) mass is 456 g/mol. The van der Waals surface area contributed by atoms with Crippen molar-refractivity contribution in [1.82, 2.24) is 24.7 Å². The first-order valence-electron chi connectivity index (χ1n) is 9.05. The lowest BCUT2D eigenvalue weighted by molar-refractivity contribution is -0.254. The fraction of sp³-hybridized carbons (Fsp3) is 0.150. The predicted molar refractivity (Wildman–Crippen MR) is 114 cm³/mol. The maximum Gasteiger partial charge on any atom is 0.259 e. The normalized spacial score (nSPS) is 11.2. The summed E-state index contributed by atoms with van der Waals surface area (Å²) in [5, 5.41) is 20.5. The number of thiophene rings is 1. The molecule has 8 nitrogen and oxygen atoms in total. The van der Waals surface area contributed by atoms with Crippen molar-refractivity contribution >= 4 is 39.3 Å². The molecule has 0 fully saturated rings. The van der Waals surface area contributed by atoms with Crippen LogP contribution in [0, 0.1) is 12.7 Å². The number of hydrogen-bond acceptors (Lipinski definition) is 8. The number of H-pyrrole nitrogens is 1. The van der Waals surface area contributed by atoms with Gasteiger partial charge in [-0.3, -0.25) is 9.36 Å². The summed E-state index contributed by atoms with van der Waals surface area (Å²) in [6.45, 7) is 5.75. The summed E-state index contributed by atoms with van der Waals surface area (Å²) < 4.78 is 15.1. The molecular formula is C20H15FN5O3S2-. The quantitative estimate of drug-likeness (QED) is 0.335. The summed E-state index contributed by atoms with van der Waals surface area (Å²) in [7, 11) is 0. The number of aryl methyl sites for hydroxylation is 1. The van der Waals surface area contributed by atoms with Crippen molar-refractivity contribution < 1.29 is 14.3 Å². The molecule has 0 aliphatic rings. The third kappa shape index (κ3) is 4.01. The second-order valence-corrected chi connectivity index (χ2v) is 8.48. The minimum Gasteiger partial charge on any atom is -0.544 e. The van der Waals surface area contributed by atoms with Crippen LogP contribution in [0.2, 0.25) is 0 Å². The van der Waals surface area contributed by atoms with Crippen LogP contribution in [0.4, 0.5) is 4.39 Å². The Balaban J connectivity index is 1.64.